The molecule has 0 saturated carbocycles. The largest absolute Gasteiger partial charge is 0.511 e. The molecule has 1 aromatic rings. The van der Waals surface area contributed by atoms with Gasteiger partial charge < -0.3 is 15.4 Å². The molecule has 1 aliphatic heterocycles. The molecule has 1 aliphatic rings. The molecule has 2 rings (SSSR count). The van der Waals surface area contributed by atoms with E-state index in [1.165, 1.54) is 0 Å². The zero-order valence-electron chi connectivity index (χ0n) is 17.1. The molecule has 0 unspecified atom stereocenters. The second-order valence-corrected chi connectivity index (χ2v) is 8.70. The Morgan fingerprint density at radius 2 is 1.93 bits per heavy atom. The van der Waals surface area contributed by atoms with Crippen LogP contribution in [0.2, 0.25) is 0 Å². The quantitative estimate of drug-likeness (QED) is 0.316. The fraction of sp³-hybridized carbons (Fsp3) is 0.611. The fourth-order valence-electron chi connectivity index (χ4n) is 3.11. The monoisotopic (exact) mass is 564 g/mol. The van der Waals surface area contributed by atoms with Crippen molar-refractivity contribution < 1.29 is 26.3 Å². The number of nitrogens with one attached hydrogen (secondary N) is 2. The number of piperidine rings is 1. The lowest BCUT2D eigenvalue weighted by Crippen LogP contribution is -2.51. The Bertz CT molecular complexity index is 826. The summed E-state index contributed by atoms with van der Waals surface area (Å²) in [6, 6.07) is 5.61. The minimum absolute atomic E-state index is 0. The van der Waals surface area contributed by atoms with Crippen molar-refractivity contribution in [1.82, 2.24) is 14.9 Å². The number of methoxy groups -OCH3 is 1. The van der Waals surface area contributed by atoms with Crippen LogP contribution < -0.4 is 15.4 Å². The first-order chi connectivity index (χ1) is 13.6. The Balaban J connectivity index is 0.00000450. The van der Waals surface area contributed by atoms with Gasteiger partial charge in [-0.15, -0.1) is 24.0 Å². The molecule has 12 heteroatoms. The maximum Gasteiger partial charge on any atom is 0.511 e. The van der Waals surface area contributed by atoms with Crippen molar-refractivity contribution in [2.45, 2.75) is 44.8 Å². The number of benzene rings is 1. The predicted octanol–water partition coefficient (Wildman–Crippen LogP) is 2.99. The molecule has 0 aliphatic carbocycles. The minimum atomic E-state index is -5.27. The molecular weight excluding hydrogens is 536 g/mol. The van der Waals surface area contributed by atoms with Gasteiger partial charge in [0.2, 0.25) is 0 Å². The van der Waals surface area contributed by atoms with Crippen molar-refractivity contribution >= 4 is 40.0 Å². The highest BCUT2D eigenvalue weighted by Gasteiger charge is 2.50. The maximum absolute atomic E-state index is 12.7. The third-order valence-electron chi connectivity index (χ3n) is 4.65. The molecular formula is C18H28F3IN4O3S. The zero-order valence-corrected chi connectivity index (χ0v) is 20.3. The summed E-state index contributed by atoms with van der Waals surface area (Å²) in [6.07, 6.45) is 0.530. The van der Waals surface area contributed by atoms with Gasteiger partial charge in [-0.3, -0.25) is 0 Å². The van der Waals surface area contributed by atoms with Gasteiger partial charge in [0.05, 0.1) is 13.7 Å². The van der Waals surface area contributed by atoms with E-state index in [0.717, 1.165) is 16.9 Å². The molecule has 0 aromatic heterocycles. The molecule has 1 saturated heterocycles. The number of halogens is 4. The number of guanidine groups is 1. The summed E-state index contributed by atoms with van der Waals surface area (Å²) in [5, 5.41) is 6.29. The molecule has 30 heavy (non-hydrogen) atoms. The van der Waals surface area contributed by atoms with Crippen molar-refractivity contribution in [1.29, 1.82) is 0 Å². The molecule has 1 heterocycles. The number of sulfonamides is 1. The molecule has 7 nitrogen and oxygen atoms in total. The van der Waals surface area contributed by atoms with E-state index in [9.17, 15) is 21.6 Å². The van der Waals surface area contributed by atoms with E-state index >= 15 is 0 Å². The van der Waals surface area contributed by atoms with Crippen molar-refractivity contribution in [3.05, 3.63) is 29.3 Å². The van der Waals surface area contributed by atoms with Gasteiger partial charge in [-0.1, -0.05) is 12.1 Å². The molecule has 1 aromatic carbocycles. The highest BCUT2D eigenvalue weighted by molar-refractivity contribution is 14.0. The standard InChI is InChI=1S/C18H27F3N4O3S.HI/c1-4-22-17(23-12-14-5-6-16(28-3)13(2)11-14)24-15-7-9-25(10-8-15)29(26,27)18(19,20)21;/h5-6,11,15H,4,7-10,12H2,1-3H3,(H2,22,23,24);1H. The van der Waals surface area contributed by atoms with E-state index in [1.54, 1.807) is 7.11 Å². The van der Waals surface area contributed by atoms with Gasteiger partial charge in [0, 0.05) is 25.7 Å². The Morgan fingerprint density at radius 3 is 2.43 bits per heavy atom. The summed E-state index contributed by atoms with van der Waals surface area (Å²) in [4.78, 5) is 4.52. The lowest BCUT2D eigenvalue weighted by molar-refractivity contribution is -0.0494. The number of aliphatic imine (C=N–C) groups is 1. The first kappa shape index (κ1) is 26.8. The number of nitrogens with zero attached hydrogens (tertiary/aromatic N) is 2. The van der Waals surface area contributed by atoms with Crippen LogP contribution in [0.3, 0.4) is 0 Å². The van der Waals surface area contributed by atoms with Gasteiger partial charge in [0.25, 0.3) is 0 Å². The van der Waals surface area contributed by atoms with Crippen LogP contribution in [-0.4, -0.2) is 57.0 Å². The van der Waals surface area contributed by atoms with Crippen LogP contribution in [-0.2, 0) is 16.6 Å². The van der Waals surface area contributed by atoms with Gasteiger partial charge in [0.1, 0.15) is 5.75 Å². The van der Waals surface area contributed by atoms with Crippen LogP contribution >= 0.6 is 24.0 Å². The molecule has 0 radical (unpaired) electrons. The van der Waals surface area contributed by atoms with E-state index < -0.39 is 15.5 Å². The second kappa shape index (κ2) is 11.4. The van der Waals surface area contributed by atoms with Crippen molar-refractivity contribution in [2.24, 2.45) is 4.99 Å². The van der Waals surface area contributed by atoms with Gasteiger partial charge in [-0.2, -0.15) is 17.5 Å². The zero-order chi connectivity index (χ0) is 21.7. The van der Waals surface area contributed by atoms with Gasteiger partial charge in [-0.05, 0) is 43.9 Å². The third kappa shape index (κ3) is 6.87. The predicted molar refractivity (Wildman–Crippen MR) is 121 cm³/mol. The van der Waals surface area contributed by atoms with Crippen LogP contribution in [0, 0.1) is 6.92 Å². The molecule has 0 amide bonds. The SMILES string of the molecule is CCNC(=NCc1ccc(OC)c(C)c1)NC1CCN(S(=O)(=O)C(F)(F)F)CC1.I. The lowest BCUT2D eigenvalue weighted by Gasteiger charge is -2.32. The summed E-state index contributed by atoms with van der Waals surface area (Å²) in [5.41, 5.74) is -3.27. The van der Waals surface area contributed by atoms with E-state index in [1.807, 2.05) is 32.0 Å². The average molecular weight is 564 g/mol. The third-order valence-corrected chi connectivity index (χ3v) is 6.28. The molecule has 0 atom stereocenters. The van der Waals surface area contributed by atoms with E-state index in [-0.39, 0.29) is 55.9 Å². The van der Waals surface area contributed by atoms with E-state index in [2.05, 4.69) is 15.6 Å². The minimum Gasteiger partial charge on any atom is -0.496 e. The molecule has 172 valence electrons. The highest BCUT2D eigenvalue weighted by Crippen LogP contribution is 2.29. The fourth-order valence-corrected chi connectivity index (χ4v) is 4.09. The Morgan fingerprint density at radius 1 is 1.30 bits per heavy atom. The molecule has 0 spiro atoms. The number of rotatable bonds is 6. The summed E-state index contributed by atoms with van der Waals surface area (Å²) in [6.45, 7) is 4.52. The summed E-state index contributed by atoms with van der Waals surface area (Å²) >= 11 is 0. The van der Waals surface area contributed by atoms with Crippen molar-refractivity contribution in [2.75, 3.05) is 26.7 Å². The smallest absolute Gasteiger partial charge is 0.496 e. The Kier molecular flexibility index (Phi) is 10.1. The van der Waals surface area contributed by atoms with Crippen molar-refractivity contribution in [3.8, 4) is 5.75 Å². The molecule has 2 N–H and O–H groups in total. The van der Waals surface area contributed by atoms with Gasteiger partial charge in [0.15, 0.2) is 5.96 Å². The van der Waals surface area contributed by atoms with Crippen molar-refractivity contribution in [3.63, 3.8) is 0 Å². The van der Waals surface area contributed by atoms with Crippen LogP contribution in [0.25, 0.3) is 0 Å². The summed E-state index contributed by atoms with van der Waals surface area (Å²) < 4.78 is 66.8. The first-order valence-corrected chi connectivity index (χ1v) is 10.8. The average Bonchev–Trinajstić information content (AvgIpc) is 2.66. The number of hydrogen-bond donors (Lipinski definition) is 2. The van der Waals surface area contributed by atoms with E-state index in [0.29, 0.717) is 23.4 Å². The van der Waals surface area contributed by atoms with Crippen LogP contribution in [0.5, 0.6) is 5.75 Å². The first-order valence-electron chi connectivity index (χ1n) is 9.33. The van der Waals surface area contributed by atoms with Crippen LogP contribution in [0.4, 0.5) is 13.2 Å². The number of hydrogen-bond acceptors (Lipinski definition) is 4. The van der Waals surface area contributed by atoms with Crippen LogP contribution in [0.1, 0.15) is 30.9 Å². The number of alkyl halides is 3. The van der Waals surface area contributed by atoms with E-state index in [4.69, 9.17) is 4.74 Å². The van der Waals surface area contributed by atoms with Gasteiger partial charge in [-0.25, -0.2) is 13.4 Å². The summed E-state index contributed by atoms with van der Waals surface area (Å²) in [5.74, 6) is 1.33. The Hall–Kier alpha value is -1.28. The van der Waals surface area contributed by atoms with Crippen LogP contribution in [0.15, 0.2) is 23.2 Å². The second-order valence-electron chi connectivity index (χ2n) is 6.77. The summed E-state index contributed by atoms with van der Waals surface area (Å²) in [7, 11) is -3.66. The maximum atomic E-state index is 12.7. The number of aryl methyl sites for hydroxylation is 1. The Labute approximate surface area is 192 Å². The normalized spacial score (nSPS) is 16.7. The highest BCUT2D eigenvalue weighted by atomic mass is 127. The molecule has 0 bridgehead atoms. The lowest BCUT2D eigenvalue weighted by atomic mass is 10.1. The number of ether oxygens (including phenoxy) is 1. The topological polar surface area (TPSA) is 83.0 Å². The van der Waals surface area contributed by atoms with Gasteiger partial charge >= 0.3 is 15.5 Å². The molecule has 1 fully saturated rings.